The van der Waals surface area contributed by atoms with Gasteiger partial charge in [-0.15, -0.1) is 0 Å². The summed E-state index contributed by atoms with van der Waals surface area (Å²) in [6, 6.07) is 4.15. The predicted octanol–water partition coefficient (Wildman–Crippen LogP) is 3.61. The van der Waals surface area contributed by atoms with Crippen molar-refractivity contribution in [1.82, 2.24) is 9.97 Å². The molecule has 184 valence electrons. The summed E-state index contributed by atoms with van der Waals surface area (Å²) < 4.78 is 70.2. The van der Waals surface area contributed by atoms with Gasteiger partial charge in [0.1, 0.15) is 0 Å². The van der Waals surface area contributed by atoms with Crippen LogP contribution in [0.2, 0.25) is 0 Å². The van der Waals surface area contributed by atoms with Crippen molar-refractivity contribution in [2.24, 2.45) is 5.73 Å². The van der Waals surface area contributed by atoms with E-state index < -0.39 is 44.0 Å². The minimum absolute atomic E-state index is 0.131. The molecule has 0 aliphatic carbocycles. The number of nitrogens with two attached hydrogens (primary N) is 1. The maximum absolute atomic E-state index is 13.5. The Kier molecular flexibility index (Phi) is 6.83. The van der Waals surface area contributed by atoms with Crippen molar-refractivity contribution >= 4 is 27.5 Å². The number of benzene rings is 1. The summed E-state index contributed by atoms with van der Waals surface area (Å²) in [5.74, 6) is -1.14. The Morgan fingerprint density at radius 3 is 2.37 bits per heavy atom. The molecule has 3 amide bonds. The highest BCUT2D eigenvalue weighted by Gasteiger charge is 2.36. The quantitative estimate of drug-likeness (QED) is 0.557. The van der Waals surface area contributed by atoms with Gasteiger partial charge in [-0.25, -0.2) is 23.1 Å². The van der Waals surface area contributed by atoms with Crippen LogP contribution in [0.5, 0.6) is 5.88 Å². The first-order valence-electron chi connectivity index (χ1n) is 9.76. The number of hydrogen-bond acceptors (Lipinski definition) is 7. The lowest BCUT2D eigenvalue weighted by Gasteiger charge is -2.23. The van der Waals surface area contributed by atoms with Crippen LogP contribution in [0.25, 0.3) is 11.1 Å². The van der Waals surface area contributed by atoms with Gasteiger partial charge in [0.25, 0.3) is 5.91 Å². The number of carbonyl (C=O) groups is 2. The molecule has 0 aliphatic heterocycles. The number of hydrogen-bond donors (Lipinski definition) is 1. The number of carbonyl (C=O) groups excluding carboxylic acids is 2. The molecule has 3 aromatic rings. The van der Waals surface area contributed by atoms with E-state index in [-0.39, 0.29) is 22.7 Å². The van der Waals surface area contributed by atoms with Crippen LogP contribution in [0.1, 0.15) is 21.5 Å². The number of urea groups is 1. The average Bonchev–Trinajstić information content (AvgIpc) is 2.77. The molecule has 0 atom stereocenters. The molecule has 0 fully saturated rings. The van der Waals surface area contributed by atoms with Crippen molar-refractivity contribution < 1.29 is 35.9 Å². The maximum atomic E-state index is 13.5. The van der Waals surface area contributed by atoms with Gasteiger partial charge in [0.2, 0.25) is 5.88 Å². The molecule has 0 saturated carbocycles. The van der Waals surface area contributed by atoms with Crippen molar-refractivity contribution in [3.63, 3.8) is 0 Å². The average molecular weight is 508 g/mol. The number of halogens is 3. The predicted molar refractivity (Wildman–Crippen MR) is 120 cm³/mol. The molecule has 2 heterocycles. The molecule has 9 nitrogen and oxygen atoms in total. The highest BCUT2D eigenvalue weighted by atomic mass is 32.2. The van der Waals surface area contributed by atoms with Crippen LogP contribution in [0.4, 0.5) is 23.7 Å². The van der Waals surface area contributed by atoms with E-state index >= 15 is 0 Å². The summed E-state index contributed by atoms with van der Waals surface area (Å²) in [6.07, 6.45) is -0.346. The molecular weight excluding hydrogens is 489 g/mol. The van der Waals surface area contributed by atoms with Gasteiger partial charge in [0, 0.05) is 35.3 Å². The molecular formula is C22H19F3N4O5S. The number of primary amides is 1. The summed E-state index contributed by atoms with van der Waals surface area (Å²) in [4.78, 5) is 33.6. The van der Waals surface area contributed by atoms with Crippen molar-refractivity contribution in [1.29, 1.82) is 0 Å². The van der Waals surface area contributed by atoms with Crippen molar-refractivity contribution in [2.45, 2.75) is 18.0 Å². The SMILES string of the molecule is COc1ncccc1-c1ccncc1N(C(N)=O)C(=O)c1cc(C(F)(F)F)cc(S(C)(=O)=O)c1C. The van der Waals surface area contributed by atoms with Gasteiger partial charge >= 0.3 is 12.2 Å². The fraction of sp³-hybridized carbons (Fsp3) is 0.182. The number of ether oxygens (including phenoxy) is 1. The molecule has 0 radical (unpaired) electrons. The number of anilines is 1. The third kappa shape index (κ3) is 5.09. The number of alkyl halides is 3. The first kappa shape index (κ1) is 25.6. The third-order valence-electron chi connectivity index (χ3n) is 5.04. The summed E-state index contributed by atoms with van der Waals surface area (Å²) in [5.41, 5.74) is 3.52. The minimum Gasteiger partial charge on any atom is -0.481 e. The van der Waals surface area contributed by atoms with E-state index in [4.69, 9.17) is 10.5 Å². The molecule has 1 aromatic carbocycles. The largest absolute Gasteiger partial charge is 0.481 e. The van der Waals surface area contributed by atoms with Gasteiger partial charge < -0.3 is 10.5 Å². The van der Waals surface area contributed by atoms with E-state index in [1.807, 2.05) is 0 Å². The van der Waals surface area contributed by atoms with Gasteiger partial charge in [-0.1, -0.05) is 0 Å². The zero-order valence-electron chi connectivity index (χ0n) is 18.6. The Labute approximate surface area is 198 Å². The summed E-state index contributed by atoms with van der Waals surface area (Å²) in [5, 5.41) is 0. The van der Waals surface area contributed by atoms with Gasteiger partial charge in [0.15, 0.2) is 9.84 Å². The Hall–Kier alpha value is -4.00. The highest BCUT2D eigenvalue weighted by molar-refractivity contribution is 7.90. The lowest BCUT2D eigenvalue weighted by Crippen LogP contribution is -2.41. The second kappa shape index (κ2) is 9.33. The normalized spacial score (nSPS) is 11.7. The summed E-state index contributed by atoms with van der Waals surface area (Å²) in [6.45, 7) is 1.16. The number of nitrogens with zero attached hydrogens (tertiary/aromatic N) is 3. The van der Waals surface area contributed by atoms with E-state index in [2.05, 4.69) is 9.97 Å². The van der Waals surface area contributed by atoms with Crippen LogP contribution in [-0.2, 0) is 16.0 Å². The number of amides is 3. The van der Waals surface area contributed by atoms with Crippen molar-refractivity contribution in [2.75, 3.05) is 18.3 Å². The highest BCUT2D eigenvalue weighted by Crippen LogP contribution is 2.37. The number of imide groups is 1. The molecule has 0 bridgehead atoms. The number of sulfone groups is 1. The lowest BCUT2D eigenvalue weighted by molar-refractivity contribution is -0.137. The van der Waals surface area contributed by atoms with Crippen LogP contribution < -0.4 is 15.4 Å². The van der Waals surface area contributed by atoms with Crippen LogP contribution in [0.3, 0.4) is 0 Å². The van der Waals surface area contributed by atoms with E-state index in [1.165, 1.54) is 25.6 Å². The van der Waals surface area contributed by atoms with E-state index in [0.717, 1.165) is 13.1 Å². The van der Waals surface area contributed by atoms with Gasteiger partial charge in [-0.2, -0.15) is 13.2 Å². The minimum atomic E-state index is -4.97. The van der Waals surface area contributed by atoms with Crippen LogP contribution in [0, 0.1) is 6.92 Å². The van der Waals surface area contributed by atoms with Gasteiger partial charge in [-0.05, 0) is 42.8 Å². The fourth-order valence-electron chi connectivity index (χ4n) is 3.46. The Balaban J connectivity index is 2.30. The Morgan fingerprint density at radius 1 is 1.11 bits per heavy atom. The molecule has 13 heteroatoms. The first-order valence-corrected chi connectivity index (χ1v) is 11.7. The molecule has 35 heavy (non-hydrogen) atoms. The maximum Gasteiger partial charge on any atom is 0.416 e. The van der Waals surface area contributed by atoms with Gasteiger partial charge in [-0.3, -0.25) is 9.78 Å². The summed E-state index contributed by atoms with van der Waals surface area (Å²) >= 11 is 0. The topological polar surface area (TPSA) is 133 Å². The smallest absolute Gasteiger partial charge is 0.416 e. The number of aromatic nitrogens is 2. The zero-order chi connectivity index (χ0) is 26.1. The van der Waals surface area contributed by atoms with Crippen LogP contribution in [-0.4, -0.2) is 43.7 Å². The van der Waals surface area contributed by atoms with Gasteiger partial charge in [0.05, 0.1) is 29.5 Å². The standard InChI is InChI=1S/C22H19F3N4O5S/c1-12-16(9-13(22(23,24)25)10-18(12)35(3,32)33)20(30)29(21(26)31)17-11-27-8-6-14(17)15-5-4-7-28-19(15)34-2/h4-11H,1-3H3,(H2,26,31). The molecule has 3 rings (SSSR count). The molecule has 0 spiro atoms. The third-order valence-corrected chi connectivity index (χ3v) is 6.26. The second-order valence-electron chi connectivity index (χ2n) is 7.35. The second-order valence-corrected chi connectivity index (χ2v) is 9.33. The number of pyridine rings is 2. The molecule has 0 unspecified atom stereocenters. The van der Waals surface area contributed by atoms with Crippen molar-refractivity contribution in [3.8, 4) is 17.0 Å². The van der Waals surface area contributed by atoms with E-state index in [0.29, 0.717) is 28.9 Å². The molecule has 2 N–H and O–H groups in total. The van der Waals surface area contributed by atoms with Crippen LogP contribution in [0.15, 0.2) is 53.8 Å². The van der Waals surface area contributed by atoms with E-state index in [9.17, 15) is 31.2 Å². The monoisotopic (exact) mass is 508 g/mol. The number of methoxy groups -OCH3 is 1. The number of rotatable bonds is 5. The van der Waals surface area contributed by atoms with Crippen LogP contribution >= 0.6 is 0 Å². The lowest BCUT2D eigenvalue weighted by atomic mass is 10.0. The first-order chi connectivity index (χ1) is 16.3. The van der Waals surface area contributed by atoms with Crippen molar-refractivity contribution in [3.05, 3.63) is 65.6 Å². The fourth-order valence-corrected chi connectivity index (χ4v) is 4.46. The summed E-state index contributed by atoms with van der Waals surface area (Å²) in [7, 11) is -2.82. The molecule has 0 saturated heterocycles. The molecule has 0 aliphatic rings. The van der Waals surface area contributed by atoms with E-state index in [1.54, 1.807) is 12.1 Å². The molecule has 2 aromatic heterocycles. The Bertz CT molecular complexity index is 1420. The Morgan fingerprint density at radius 2 is 1.80 bits per heavy atom. The zero-order valence-corrected chi connectivity index (χ0v) is 19.4.